The van der Waals surface area contributed by atoms with Gasteiger partial charge in [-0.1, -0.05) is 42.5 Å². The Balaban J connectivity index is 1.88. The van der Waals surface area contributed by atoms with Crippen LogP contribution in [0.15, 0.2) is 42.5 Å². The first-order valence-electron chi connectivity index (χ1n) is 8.73. The smallest absolute Gasteiger partial charge is 0.162 e. The van der Waals surface area contributed by atoms with Gasteiger partial charge < -0.3 is 25.2 Å². The number of ether oxygens (including phenoxy) is 1. The van der Waals surface area contributed by atoms with Gasteiger partial charge in [-0.25, -0.2) is 0 Å². The van der Waals surface area contributed by atoms with Crippen LogP contribution in [0.2, 0.25) is 0 Å². The Kier molecular flexibility index (Phi) is 6.20. The van der Waals surface area contributed by atoms with Gasteiger partial charge in [-0.05, 0) is 23.3 Å². The molecule has 3 rings (SSSR count). The normalized spacial score (nSPS) is 29.4. The molecule has 0 aromatic heterocycles. The monoisotopic (exact) mass is 363 g/mol. The number of aliphatic hydroxyl groups excluding tert-OH is 4. The first kappa shape index (κ1) is 19.2. The number of rotatable bonds is 6. The van der Waals surface area contributed by atoms with Crippen LogP contribution in [0, 0.1) is 0 Å². The van der Waals surface area contributed by atoms with E-state index in [1.54, 1.807) is 6.92 Å². The van der Waals surface area contributed by atoms with Gasteiger partial charge in [-0.3, -0.25) is 4.84 Å². The molecule has 7 nitrogen and oxygen atoms in total. The lowest BCUT2D eigenvalue weighted by Crippen LogP contribution is -2.63. The van der Waals surface area contributed by atoms with E-state index in [-0.39, 0.29) is 0 Å². The minimum absolute atomic E-state index is 0.303. The molecule has 2 aromatic rings. The fourth-order valence-corrected chi connectivity index (χ4v) is 3.29. The van der Waals surface area contributed by atoms with E-state index in [9.17, 15) is 20.4 Å². The Labute approximate surface area is 152 Å². The third-order valence-electron chi connectivity index (χ3n) is 4.65. The van der Waals surface area contributed by atoms with E-state index >= 15 is 0 Å². The molecular formula is C19H25NO6. The van der Waals surface area contributed by atoms with Gasteiger partial charge in [0.15, 0.2) is 6.23 Å². The van der Waals surface area contributed by atoms with Gasteiger partial charge in [-0.15, -0.1) is 0 Å². The summed E-state index contributed by atoms with van der Waals surface area (Å²) in [6.07, 6.45) is -6.22. The molecule has 0 spiro atoms. The second-order valence-electron chi connectivity index (χ2n) is 6.35. The van der Waals surface area contributed by atoms with Crippen molar-refractivity contribution in [2.75, 3.05) is 13.2 Å². The molecule has 0 amide bonds. The van der Waals surface area contributed by atoms with E-state index in [1.165, 1.54) is 5.06 Å². The molecule has 1 aliphatic heterocycles. The van der Waals surface area contributed by atoms with Gasteiger partial charge in [0.25, 0.3) is 0 Å². The highest BCUT2D eigenvalue weighted by atomic mass is 16.7. The Bertz CT molecular complexity index is 719. The second kappa shape index (κ2) is 8.41. The first-order chi connectivity index (χ1) is 12.6. The zero-order valence-electron chi connectivity index (χ0n) is 14.6. The van der Waals surface area contributed by atoms with Crippen molar-refractivity contribution in [2.24, 2.45) is 0 Å². The Hall–Kier alpha value is -1.58. The average Bonchev–Trinajstić information content (AvgIpc) is 2.66. The van der Waals surface area contributed by atoms with Gasteiger partial charge in [-0.2, -0.15) is 5.06 Å². The van der Waals surface area contributed by atoms with E-state index in [0.717, 1.165) is 16.3 Å². The second-order valence-corrected chi connectivity index (χ2v) is 6.35. The number of nitrogens with zero attached hydrogens (tertiary/aromatic N) is 1. The lowest BCUT2D eigenvalue weighted by Gasteiger charge is -2.43. The van der Waals surface area contributed by atoms with Crippen LogP contribution in [0.1, 0.15) is 12.5 Å². The van der Waals surface area contributed by atoms with Gasteiger partial charge in [0.1, 0.15) is 24.4 Å². The van der Waals surface area contributed by atoms with Gasteiger partial charge in [0, 0.05) is 0 Å². The van der Waals surface area contributed by atoms with Crippen LogP contribution in [0.3, 0.4) is 0 Å². The first-order valence-corrected chi connectivity index (χ1v) is 8.73. The molecule has 0 radical (unpaired) electrons. The summed E-state index contributed by atoms with van der Waals surface area (Å²) in [5.74, 6) is 0. The molecule has 1 saturated heterocycles. The molecule has 1 aliphatic rings. The van der Waals surface area contributed by atoms with Crippen molar-refractivity contribution in [1.82, 2.24) is 5.06 Å². The topological polar surface area (TPSA) is 103 Å². The molecule has 0 bridgehead atoms. The van der Waals surface area contributed by atoms with Crippen LogP contribution in [0.25, 0.3) is 10.8 Å². The summed E-state index contributed by atoms with van der Waals surface area (Å²) < 4.78 is 5.62. The average molecular weight is 363 g/mol. The molecule has 5 atom stereocenters. The fraction of sp³-hybridized carbons (Fsp3) is 0.474. The third kappa shape index (κ3) is 3.74. The quantitative estimate of drug-likeness (QED) is 0.551. The van der Waals surface area contributed by atoms with E-state index < -0.39 is 37.3 Å². The number of fused-ring (bicyclic) bond motifs is 1. The number of hydroxylamine groups is 2. The molecular weight excluding hydrogens is 338 g/mol. The van der Waals surface area contributed by atoms with Crippen molar-refractivity contribution in [3.63, 3.8) is 0 Å². The van der Waals surface area contributed by atoms with Crippen molar-refractivity contribution in [1.29, 1.82) is 0 Å². The summed E-state index contributed by atoms with van der Waals surface area (Å²) >= 11 is 0. The molecule has 2 aromatic carbocycles. The molecule has 1 fully saturated rings. The Morgan fingerprint density at radius 1 is 1.00 bits per heavy atom. The van der Waals surface area contributed by atoms with Crippen LogP contribution in [0.5, 0.6) is 0 Å². The highest BCUT2D eigenvalue weighted by Crippen LogP contribution is 2.27. The summed E-state index contributed by atoms with van der Waals surface area (Å²) in [6.45, 7) is 1.97. The summed E-state index contributed by atoms with van der Waals surface area (Å²) in [5.41, 5.74) is 0.966. The van der Waals surface area contributed by atoms with Crippen molar-refractivity contribution < 1.29 is 30.0 Å². The van der Waals surface area contributed by atoms with E-state index in [1.807, 2.05) is 42.5 Å². The summed E-state index contributed by atoms with van der Waals surface area (Å²) in [6, 6.07) is 13.8. The maximum atomic E-state index is 10.4. The number of hydrogen-bond acceptors (Lipinski definition) is 7. The van der Waals surface area contributed by atoms with Crippen molar-refractivity contribution >= 4 is 10.8 Å². The standard InChI is InChI=1S/C19H25NO6/c1-2-25-20(19-18(24)17(23)16(22)15(11-21)26-19)10-13-8-5-7-12-6-3-4-9-14(12)13/h3-9,15-19,21-24H,2,10-11H2,1H3/t15?,16-,17+,18?,19-/m1/s1. The highest BCUT2D eigenvalue weighted by Gasteiger charge is 2.46. The fourth-order valence-electron chi connectivity index (χ4n) is 3.29. The minimum atomic E-state index is -1.44. The number of hydrogen-bond donors (Lipinski definition) is 4. The third-order valence-corrected chi connectivity index (χ3v) is 4.65. The zero-order chi connectivity index (χ0) is 18.7. The number of aliphatic hydroxyl groups is 4. The van der Waals surface area contributed by atoms with Crippen LogP contribution in [0.4, 0.5) is 0 Å². The minimum Gasteiger partial charge on any atom is -0.394 e. The molecule has 2 unspecified atom stereocenters. The predicted molar refractivity (Wildman–Crippen MR) is 94.9 cm³/mol. The van der Waals surface area contributed by atoms with Crippen LogP contribution in [-0.4, -0.2) is 69.3 Å². The maximum absolute atomic E-state index is 10.4. The summed E-state index contributed by atoms with van der Waals surface area (Å²) in [7, 11) is 0. The Morgan fingerprint density at radius 3 is 2.46 bits per heavy atom. The molecule has 26 heavy (non-hydrogen) atoms. The summed E-state index contributed by atoms with van der Waals surface area (Å²) in [5, 5.41) is 43.3. The molecule has 0 saturated carbocycles. The number of benzene rings is 2. The van der Waals surface area contributed by atoms with E-state index in [0.29, 0.717) is 13.2 Å². The maximum Gasteiger partial charge on any atom is 0.162 e. The largest absolute Gasteiger partial charge is 0.394 e. The van der Waals surface area contributed by atoms with E-state index in [4.69, 9.17) is 9.57 Å². The van der Waals surface area contributed by atoms with Crippen LogP contribution in [-0.2, 0) is 16.1 Å². The van der Waals surface area contributed by atoms with Crippen LogP contribution < -0.4 is 0 Å². The van der Waals surface area contributed by atoms with Crippen molar-refractivity contribution in [3.05, 3.63) is 48.0 Å². The molecule has 7 heteroatoms. The Morgan fingerprint density at radius 2 is 1.73 bits per heavy atom. The molecule has 142 valence electrons. The molecule has 0 aliphatic carbocycles. The van der Waals surface area contributed by atoms with E-state index in [2.05, 4.69) is 0 Å². The van der Waals surface area contributed by atoms with Gasteiger partial charge in [0.05, 0.1) is 19.8 Å². The van der Waals surface area contributed by atoms with Crippen molar-refractivity contribution in [3.8, 4) is 0 Å². The zero-order valence-corrected chi connectivity index (χ0v) is 14.6. The highest BCUT2D eigenvalue weighted by molar-refractivity contribution is 5.85. The lowest BCUT2D eigenvalue weighted by atomic mass is 9.98. The van der Waals surface area contributed by atoms with Crippen molar-refractivity contribution in [2.45, 2.75) is 44.1 Å². The summed E-state index contributed by atoms with van der Waals surface area (Å²) in [4.78, 5) is 5.66. The molecule has 1 heterocycles. The predicted octanol–water partition coefficient (Wildman–Crippen LogP) is 0.393. The van der Waals surface area contributed by atoms with Crippen LogP contribution >= 0.6 is 0 Å². The SMILES string of the molecule is CCON(Cc1cccc2ccccc12)[C@@H]1OC(CO)[C@@H](O)[C@H](O)C1O. The molecule has 4 N–H and O–H groups in total. The lowest BCUT2D eigenvalue weighted by molar-refractivity contribution is -0.337. The van der Waals surface area contributed by atoms with Gasteiger partial charge in [0.2, 0.25) is 0 Å². The van der Waals surface area contributed by atoms with Gasteiger partial charge >= 0.3 is 0 Å².